The van der Waals surface area contributed by atoms with E-state index in [1.165, 1.54) is 0 Å². The molecule has 0 spiro atoms. The molecule has 0 aromatic heterocycles. The number of nitrogens with two attached hydrogens (primary N) is 1. The number of hydrogen-bond acceptors (Lipinski definition) is 2. The first-order valence-corrected chi connectivity index (χ1v) is 4.02. The van der Waals surface area contributed by atoms with Crippen molar-refractivity contribution in [2.75, 3.05) is 0 Å². The summed E-state index contributed by atoms with van der Waals surface area (Å²) in [5.74, 6) is 2.48. The Labute approximate surface area is 88.7 Å². The SMILES string of the molecule is NC(=O)C#Cc1ccc(C(F)(F)F)cc1O. The van der Waals surface area contributed by atoms with E-state index >= 15 is 0 Å². The van der Waals surface area contributed by atoms with Crippen molar-refractivity contribution in [1.29, 1.82) is 0 Å². The molecule has 1 amide bonds. The molecule has 0 aliphatic heterocycles. The number of amides is 1. The highest BCUT2D eigenvalue weighted by Crippen LogP contribution is 2.32. The zero-order chi connectivity index (χ0) is 12.3. The summed E-state index contributed by atoms with van der Waals surface area (Å²) in [4.78, 5) is 10.3. The van der Waals surface area contributed by atoms with Crippen LogP contribution < -0.4 is 5.73 Å². The van der Waals surface area contributed by atoms with Gasteiger partial charge in [0.1, 0.15) is 5.75 Å². The van der Waals surface area contributed by atoms with Crippen LogP contribution in [0.5, 0.6) is 5.75 Å². The molecule has 1 aromatic carbocycles. The van der Waals surface area contributed by atoms with Crippen LogP contribution >= 0.6 is 0 Å². The molecule has 0 aliphatic carbocycles. The van der Waals surface area contributed by atoms with Crippen LogP contribution in [0.2, 0.25) is 0 Å². The second kappa shape index (κ2) is 4.14. The second-order valence-electron chi connectivity index (χ2n) is 2.84. The van der Waals surface area contributed by atoms with Crippen molar-refractivity contribution >= 4 is 5.91 Å². The van der Waals surface area contributed by atoms with E-state index in [2.05, 4.69) is 5.92 Å². The van der Waals surface area contributed by atoms with Gasteiger partial charge in [-0.25, -0.2) is 0 Å². The van der Waals surface area contributed by atoms with Crippen LogP contribution in [0.3, 0.4) is 0 Å². The minimum Gasteiger partial charge on any atom is -0.507 e. The lowest BCUT2D eigenvalue weighted by Gasteiger charge is -2.07. The number of halogens is 3. The van der Waals surface area contributed by atoms with Gasteiger partial charge < -0.3 is 10.8 Å². The highest BCUT2D eigenvalue weighted by Gasteiger charge is 2.30. The molecule has 0 saturated heterocycles. The zero-order valence-corrected chi connectivity index (χ0v) is 7.80. The molecule has 3 N–H and O–H groups in total. The van der Waals surface area contributed by atoms with Gasteiger partial charge >= 0.3 is 6.18 Å². The van der Waals surface area contributed by atoms with Crippen LogP contribution in [0.4, 0.5) is 13.2 Å². The second-order valence-corrected chi connectivity index (χ2v) is 2.84. The predicted molar refractivity (Wildman–Crippen MR) is 49.2 cm³/mol. The van der Waals surface area contributed by atoms with Crippen LogP contribution in [0, 0.1) is 11.8 Å². The Morgan fingerprint density at radius 1 is 1.38 bits per heavy atom. The molecule has 0 fully saturated rings. The normalized spacial score (nSPS) is 10.4. The van der Waals surface area contributed by atoms with E-state index in [0.29, 0.717) is 6.07 Å². The van der Waals surface area contributed by atoms with Gasteiger partial charge in [0, 0.05) is 5.92 Å². The lowest BCUT2D eigenvalue weighted by atomic mass is 10.1. The third-order valence-corrected chi connectivity index (χ3v) is 1.65. The Morgan fingerprint density at radius 3 is 2.44 bits per heavy atom. The number of hydrogen-bond donors (Lipinski definition) is 2. The fourth-order valence-corrected chi connectivity index (χ4v) is 0.943. The average Bonchev–Trinajstić information content (AvgIpc) is 2.14. The molecule has 0 atom stereocenters. The maximum absolute atomic E-state index is 12.2. The average molecular weight is 229 g/mol. The predicted octanol–water partition coefficient (Wildman–Crippen LogP) is 1.25. The van der Waals surface area contributed by atoms with Crippen molar-refractivity contribution in [3.8, 4) is 17.6 Å². The molecule has 0 radical (unpaired) electrons. The van der Waals surface area contributed by atoms with Gasteiger partial charge in [-0.2, -0.15) is 13.2 Å². The van der Waals surface area contributed by atoms with E-state index in [-0.39, 0.29) is 5.56 Å². The monoisotopic (exact) mass is 229 g/mol. The molecule has 3 nitrogen and oxygen atoms in total. The van der Waals surface area contributed by atoms with Gasteiger partial charge in [-0.05, 0) is 18.2 Å². The highest BCUT2D eigenvalue weighted by atomic mass is 19.4. The maximum atomic E-state index is 12.2. The third-order valence-electron chi connectivity index (χ3n) is 1.65. The quantitative estimate of drug-likeness (QED) is 0.657. The molecule has 0 bridgehead atoms. The van der Waals surface area contributed by atoms with E-state index in [1.54, 1.807) is 0 Å². The summed E-state index contributed by atoms with van der Waals surface area (Å²) in [5.41, 5.74) is 3.63. The molecule has 1 rings (SSSR count). The Hall–Kier alpha value is -2.16. The zero-order valence-electron chi connectivity index (χ0n) is 7.80. The first-order valence-electron chi connectivity index (χ1n) is 4.02. The van der Waals surface area contributed by atoms with Gasteiger partial charge in [0.15, 0.2) is 0 Å². The first kappa shape index (κ1) is 11.9. The number of phenols is 1. The maximum Gasteiger partial charge on any atom is 0.416 e. The summed E-state index contributed by atoms with van der Waals surface area (Å²) < 4.78 is 36.6. The lowest BCUT2D eigenvalue weighted by molar-refractivity contribution is -0.137. The first-order chi connectivity index (χ1) is 7.30. The molecule has 16 heavy (non-hydrogen) atoms. The largest absolute Gasteiger partial charge is 0.507 e. The van der Waals surface area contributed by atoms with Gasteiger partial charge in [-0.1, -0.05) is 5.92 Å². The minimum absolute atomic E-state index is 0.0909. The van der Waals surface area contributed by atoms with Gasteiger partial charge in [0.2, 0.25) is 0 Å². The van der Waals surface area contributed by atoms with Gasteiger partial charge in [-0.3, -0.25) is 4.79 Å². The van der Waals surface area contributed by atoms with Crippen molar-refractivity contribution < 1.29 is 23.1 Å². The molecule has 0 heterocycles. The van der Waals surface area contributed by atoms with Gasteiger partial charge in [0.05, 0.1) is 11.1 Å². The summed E-state index contributed by atoms with van der Waals surface area (Å²) >= 11 is 0. The number of phenolic OH excluding ortho intramolecular Hbond substituents is 1. The number of aromatic hydroxyl groups is 1. The number of rotatable bonds is 0. The number of carbonyl (C=O) groups excluding carboxylic acids is 1. The summed E-state index contributed by atoms with van der Waals surface area (Å²) in [6, 6.07) is 2.25. The molecule has 0 unspecified atom stereocenters. The topological polar surface area (TPSA) is 63.3 Å². The van der Waals surface area contributed by atoms with Gasteiger partial charge in [0.25, 0.3) is 5.91 Å². The van der Waals surface area contributed by atoms with Crippen molar-refractivity contribution in [2.24, 2.45) is 5.73 Å². The highest BCUT2D eigenvalue weighted by molar-refractivity contribution is 5.92. The van der Waals surface area contributed by atoms with E-state index in [0.717, 1.165) is 12.1 Å². The van der Waals surface area contributed by atoms with E-state index < -0.39 is 23.4 Å². The summed E-state index contributed by atoms with van der Waals surface area (Å²) in [6.45, 7) is 0. The molecular formula is C10H6F3NO2. The molecule has 6 heteroatoms. The molecule has 0 saturated carbocycles. The smallest absolute Gasteiger partial charge is 0.416 e. The molecular weight excluding hydrogens is 223 g/mol. The Morgan fingerprint density at radius 2 is 2.00 bits per heavy atom. The fraction of sp³-hybridized carbons (Fsp3) is 0.100. The number of benzene rings is 1. The Balaban J connectivity index is 3.12. The van der Waals surface area contributed by atoms with Crippen LogP contribution in [0.15, 0.2) is 18.2 Å². The van der Waals surface area contributed by atoms with Crippen molar-refractivity contribution in [3.63, 3.8) is 0 Å². The molecule has 0 aliphatic rings. The Bertz CT molecular complexity index is 483. The fourth-order valence-electron chi connectivity index (χ4n) is 0.943. The van der Waals surface area contributed by atoms with Gasteiger partial charge in [-0.15, -0.1) is 0 Å². The van der Waals surface area contributed by atoms with Crippen LogP contribution in [0.1, 0.15) is 11.1 Å². The Kier molecular flexibility index (Phi) is 3.09. The standard InChI is InChI=1S/C10H6F3NO2/c11-10(12,13)7-3-1-6(8(15)5-7)2-4-9(14)16/h1,3,5,15H,(H2,14,16). The summed E-state index contributed by atoms with van der Waals surface area (Å²) in [6.07, 6.45) is -4.53. The van der Waals surface area contributed by atoms with Crippen LogP contribution in [-0.4, -0.2) is 11.0 Å². The third kappa shape index (κ3) is 2.92. The minimum atomic E-state index is -4.53. The molecule has 84 valence electrons. The molecule has 1 aromatic rings. The summed E-state index contributed by atoms with van der Waals surface area (Å²) in [7, 11) is 0. The van der Waals surface area contributed by atoms with Crippen LogP contribution in [0.25, 0.3) is 0 Å². The van der Waals surface area contributed by atoms with Crippen molar-refractivity contribution in [2.45, 2.75) is 6.18 Å². The lowest BCUT2D eigenvalue weighted by Crippen LogP contribution is -2.06. The number of alkyl halides is 3. The number of carbonyl (C=O) groups is 1. The van der Waals surface area contributed by atoms with Crippen LogP contribution in [-0.2, 0) is 11.0 Å². The van der Waals surface area contributed by atoms with Crippen molar-refractivity contribution in [3.05, 3.63) is 29.3 Å². The number of primary amides is 1. The van der Waals surface area contributed by atoms with E-state index in [9.17, 15) is 23.1 Å². The van der Waals surface area contributed by atoms with E-state index in [1.807, 2.05) is 5.92 Å². The van der Waals surface area contributed by atoms with E-state index in [4.69, 9.17) is 5.73 Å². The summed E-state index contributed by atoms with van der Waals surface area (Å²) in [5, 5.41) is 9.21. The van der Waals surface area contributed by atoms with Crippen molar-refractivity contribution in [1.82, 2.24) is 0 Å².